The molecular weight excluding hydrogens is 249 g/mol. The van der Waals surface area contributed by atoms with Gasteiger partial charge in [0, 0.05) is 16.7 Å². The van der Waals surface area contributed by atoms with Crippen LogP contribution >= 0.6 is 10.7 Å². The van der Waals surface area contributed by atoms with Crippen LogP contribution in [-0.2, 0) is 9.05 Å². The van der Waals surface area contributed by atoms with Crippen molar-refractivity contribution < 1.29 is 17.7 Å². The molecule has 0 saturated carbocycles. The van der Waals surface area contributed by atoms with Crippen molar-refractivity contribution in [2.45, 2.75) is 11.8 Å². The summed E-state index contributed by atoms with van der Waals surface area (Å²) < 4.78 is 35.3. The Morgan fingerprint density at radius 1 is 1.47 bits per heavy atom. The van der Waals surface area contributed by atoms with Crippen molar-refractivity contribution >= 4 is 25.4 Å². The summed E-state index contributed by atoms with van der Waals surface area (Å²) in [5.41, 5.74) is -0.895. The third-order valence-electron chi connectivity index (χ3n) is 1.71. The molecule has 0 atom stereocenters. The number of aryl methyl sites for hydroxylation is 1. The van der Waals surface area contributed by atoms with E-state index in [0.29, 0.717) is 0 Å². The Labute approximate surface area is 89.0 Å². The van der Waals surface area contributed by atoms with Gasteiger partial charge in [-0.3, -0.25) is 10.1 Å². The van der Waals surface area contributed by atoms with Crippen LogP contribution in [-0.4, -0.2) is 13.3 Å². The summed E-state index contributed by atoms with van der Waals surface area (Å²) in [7, 11) is 0.628. The Bertz CT molecular complexity index is 528. The number of hydrogen-bond acceptors (Lipinski definition) is 4. The summed E-state index contributed by atoms with van der Waals surface area (Å²) >= 11 is 0. The van der Waals surface area contributed by atoms with Crippen LogP contribution in [0.2, 0.25) is 0 Å². The molecule has 1 aromatic carbocycles. The molecule has 82 valence electrons. The van der Waals surface area contributed by atoms with Gasteiger partial charge in [0.1, 0.15) is 4.90 Å². The molecular formula is C7H5ClFNO4S. The number of nitro groups is 1. The molecule has 5 nitrogen and oxygen atoms in total. The van der Waals surface area contributed by atoms with Crippen molar-refractivity contribution in [2.75, 3.05) is 0 Å². The van der Waals surface area contributed by atoms with Crippen LogP contribution in [0.25, 0.3) is 0 Å². The van der Waals surface area contributed by atoms with Crippen molar-refractivity contribution in [3.8, 4) is 0 Å². The molecule has 8 heteroatoms. The summed E-state index contributed by atoms with van der Waals surface area (Å²) in [4.78, 5) is 8.48. The molecule has 0 N–H and O–H groups in total. The molecule has 0 aliphatic heterocycles. The maximum Gasteiger partial charge on any atom is 0.306 e. The number of nitro benzene ring substituents is 1. The molecule has 0 heterocycles. The van der Waals surface area contributed by atoms with Gasteiger partial charge in [0.15, 0.2) is 0 Å². The summed E-state index contributed by atoms with van der Waals surface area (Å²) in [5.74, 6) is -1.44. The molecule has 0 bridgehead atoms. The van der Waals surface area contributed by atoms with Crippen LogP contribution in [0.5, 0.6) is 0 Å². The molecule has 0 aromatic heterocycles. The lowest BCUT2D eigenvalue weighted by atomic mass is 10.2. The van der Waals surface area contributed by atoms with E-state index in [9.17, 15) is 22.9 Å². The van der Waals surface area contributed by atoms with E-state index in [2.05, 4.69) is 0 Å². The first kappa shape index (κ1) is 11.9. The molecule has 0 aliphatic rings. The van der Waals surface area contributed by atoms with Gasteiger partial charge in [-0.2, -0.15) is 4.39 Å². The normalized spacial score (nSPS) is 11.4. The lowest BCUT2D eigenvalue weighted by Gasteiger charge is -2.03. The van der Waals surface area contributed by atoms with E-state index >= 15 is 0 Å². The second kappa shape index (κ2) is 3.74. The number of benzene rings is 1. The fraction of sp³-hybridized carbons (Fsp3) is 0.143. The summed E-state index contributed by atoms with van der Waals surface area (Å²) in [5, 5.41) is 10.3. The van der Waals surface area contributed by atoms with Crippen LogP contribution in [0.3, 0.4) is 0 Å². The first-order chi connectivity index (χ1) is 6.75. The number of rotatable bonds is 2. The second-order valence-electron chi connectivity index (χ2n) is 2.74. The van der Waals surface area contributed by atoms with Gasteiger partial charge in [-0.25, -0.2) is 8.42 Å². The van der Waals surface area contributed by atoms with Crippen molar-refractivity contribution in [1.82, 2.24) is 0 Å². The van der Waals surface area contributed by atoms with E-state index in [0.717, 1.165) is 12.1 Å². The second-order valence-corrected chi connectivity index (χ2v) is 5.24. The van der Waals surface area contributed by atoms with E-state index < -0.39 is 30.4 Å². The molecule has 0 fully saturated rings. The molecule has 0 unspecified atom stereocenters. The Morgan fingerprint density at radius 3 is 2.40 bits per heavy atom. The van der Waals surface area contributed by atoms with E-state index in [1.807, 2.05) is 0 Å². The molecule has 0 saturated heterocycles. The minimum Gasteiger partial charge on any atom is -0.258 e. The van der Waals surface area contributed by atoms with Gasteiger partial charge in [-0.15, -0.1) is 0 Å². The van der Waals surface area contributed by atoms with Crippen LogP contribution in [0.1, 0.15) is 5.56 Å². The fourth-order valence-electron chi connectivity index (χ4n) is 1.08. The highest BCUT2D eigenvalue weighted by Gasteiger charge is 2.26. The molecule has 0 radical (unpaired) electrons. The van der Waals surface area contributed by atoms with Crippen LogP contribution in [0.4, 0.5) is 10.1 Å². The number of hydrogen-bond donors (Lipinski definition) is 0. The van der Waals surface area contributed by atoms with Gasteiger partial charge >= 0.3 is 5.69 Å². The third kappa shape index (κ3) is 2.24. The van der Waals surface area contributed by atoms with Crippen molar-refractivity contribution in [2.24, 2.45) is 0 Å². The van der Waals surface area contributed by atoms with Gasteiger partial charge in [-0.05, 0) is 12.5 Å². The SMILES string of the molecule is Cc1ccc([N+](=O)[O-])c(F)c1S(=O)(=O)Cl. The Morgan fingerprint density at radius 2 is 2.00 bits per heavy atom. The minimum absolute atomic E-state index is 0.0214. The van der Waals surface area contributed by atoms with Crippen LogP contribution in [0.15, 0.2) is 17.0 Å². The first-order valence-corrected chi connectivity index (χ1v) is 5.94. The van der Waals surface area contributed by atoms with Gasteiger partial charge in [0.05, 0.1) is 4.92 Å². The number of nitrogens with zero attached hydrogens (tertiary/aromatic N) is 1. The molecule has 0 spiro atoms. The predicted molar refractivity (Wildman–Crippen MR) is 50.8 cm³/mol. The van der Waals surface area contributed by atoms with Gasteiger partial charge in [0.25, 0.3) is 9.05 Å². The van der Waals surface area contributed by atoms with E-state index in [1.165, 1.54) is 6.92 Å². The average molecular weight is 254 g/mol. The highest BCUT2D eigenvalue weighted by molar-refractivity contribution is 8.13. The van der Waals surface area contributed by atoms with Crippen molar-refractivity contribution in [3.63, 3.8) is 0 Å². The minimum atomic E-state index is -4.33. The highest BCUT2D eigenvalue weighted by atomic mass is 35.7. The van der Waals surface area contributed by atoms with E-state index in [4.69, 9.17) is 10.7 Å². The van der Waals surface area contributed by atoms with Crippen LogP contribution in [0, 0.1) is 22.9 Å². The molecule has 0 amide bonds. The summed E-state index contributed by atoms with van der Waals surface area (Å²) in [6.07, 6.45) is 0. The molecule has 0 aliphatic carbocycles. The van der Waals surface area contributed by atoms with E-state index in [-0.39, 0.29) is 5.56 Å². The Hall–Kier alpha value is -1.21. The highest BCUT2D eigenvalue weighted by Crippen LogP contribution is 2.29. The smallest absolute Gasteiger partial charge is 0.258 e. The Balaban J connectivity index is 3.66. The molecule has 1 aromatic rings. The molecule has 15 heavy (non-hydrogen) atoms. The fourth-order valence-corrected chi connectivity index (χ4v) is 2.42. The summed E-state index contributed by atoms with van der Waals surface area (Å²) in [6.45, 7) is 1.29. The zero-order valence-corrected chi connectivity index (χ0v) is 8.97. The standard InChI is InChI=1S/C7H5ClFNO4S/c1-4-2-3-5(10(11)12)6(9)7(4)15(8,13)14/h2-3H,1H3. The van der Waals surface area contributed by atoms with Gasteiger partial charge in [-0.1, -0.05) is 6.07 Å². The molecule has 1 rings (SSSR count). The summed E-state index contributed by atoms with van der Waals surface area (Å²) in [6, 6.07) is 2.01. The predicted octanol–water partition coefficient (Wildman–Crippen LogP) is 1.97. The third-order valence-corrected chi connectivity index (χ3v) is 3.17. The van der Waals surface area contributed by atoms with Crippen molar-refractivity contribution in [3.05, 3.63) is 33.6 Å². The number of halogens is 2. The van der Waals surface area contributed by atoms with Gasteiger partial charge in [0.2, 0.25) is 5.82 Å². The first-order valence-electron chi connectivity index (χ1n) is 3.63. The van der Waals surface area contributed by atoms with E-state index in [1.54, 1.807) is 0 Å². The quantitative estimate of drug-likeness (QED) is 0.459. The lowest BCUT2D eigenvalue weighted by Crippen LogP contribution is -2.03. The monoisotopic (exact) mass is 253 g/mol. The average Bonchev–Trinajstić information content (AvgIpc) is 2.00. The Kier molecular flexibility index (Phi) is 2.96. The topological polar surface area (TPSA) is 77.3 Å². The zero-order valence-electron chi connectivity index (χ0n) is 7.40. The van der Waals surface area contributed by atoms with Gasteiger partial charge < -0.3 is 0 Å². The lowest BCUT2D eigenvalue weighted by molar-refractivity contribution is -0.387. The maximum atomic E-state index is 13.4. The van der Waals surface area contributed by atoms with Crippen LogP contribution < -0.4 is 0 Å². The zero-order chi connectivity index (χ0) is 11.8. The van der Waals surface area contributed by atoms with Crippen molar-refractivity contribution in [1.29, 1.82) is 0 Å². The maximum absolute atomic E-state index is 13.4. The largest absolute Gasteiger partial charge is 0.306 e.